The highest BCUT2D eigenvalue weighted by molar-refractivity contribution is 7.80. The number of rotatable bonds is 5. The topological polar surface area (TPSA) is 54.9 Å². The van der Waals surface area contributed by atoms with Crippen LogP contribution in [0.5, 0.6) is 11.5 Å². The highest BCUT2D eigenvalue weighted by Gasteiger charge is 2.08. The molecule has 0 unspecified atom stereocenters. The van der Waals surface area contributed by atoms with Gasteiger partial charge in [-0.15, -0.1) is 0 Å². The molecule has 0 saturated heterocycles. The number of thiocarbonyl (C=S) groups is 1. The van der Waals surface area contributed by atoms with Gasteiger partial charge in [0.15, 0.2) is 5.11 Å². The minimum atomic E-state index is -0.307. The van der Waals surface area contributed by atoms with E-state index in [0.717, 1.165) is 5.56 Å². The highest BCUT2D eigenvalue weighted by Crippen LogP contribution is 2.24. The van der Waals surface area contributed by atoms with E-state index in [1.54, 1.807) is 26.4 Å². The van der Waals surface area contributed by atoms with E-state index < -0.39 is 0 Å². The number of nitrogens with one attached hydrogen (secondary N) is 2. The van der Waals surface area contributed by atoms with Crippen molar-refractivity contribution in [3.05, 3.63) is 53.8 Å². The Hall–Kier alpha value is -2.67. The van der Waals surface area contributed by atoms with Crippen molar-refractivity contribution in [3.8, 4) is 11.5 Å². The van der Waals surface area contributed by atoms with Crippen LogP contribution in [0.3, 0.4) is 0 Å². The zero-order chi connectivity index (χ0) is 17.5. The number of anilines is 1. The van der Waals surface area contributed by atoms with Gasteiger partial charge in [-0.3, -0.25) is 5.43 Å². The van der Waals surface area contributed by atoms with Crippen molar-refractivity contribution in [2.24, 2.45) is 5.10 Å². The summed E-state index contributed by atoms with van der Waals surface area (Å²) in [6.45, 7) is 1.82. The van der Waals surface area contributed by atoms with Crippen LogP contribution in [0.1, 0.15) is 12.5 Å². The first-order valence-electron chi connectivity index (χ1n) is 7.12. The molecule has 2 rings (SSSR count). The minimum absolute atomic E-state index is 0.294. The Morgan fingerprint density at radius 1 is 1.08 bits per heavy atom. The minimum Gasteiger partial charge on any atom is -0.497 e. The molecule has 0 radical (unpaired) electrons. The maximum absolute atomic E-state index is 12.9. The Morgan fingerprint density at radius 2 is 1.79 bits per heavy atom. The van der Waals surface area contributed by atoms with Crippen LogP contribution in [0, 0.1) is 5.82 Å². The first-order valence-corrected chi connectivity index (χ1v) is 7.53. The summed E-state index contributed by atoms with van der Waals surface area (Å²) in [7, 11) is 3.19. The van der Waals surface area contributed by atoms with Crippen LogP contribution in [0.2, 0.25) is 0 Å². The van der Waals surface area contributed by atoms with Crippen LogP contribution >= 0.6 is 12.2 Å². The summed E-state index contributed by atoms with van der Waals surface area (Å²) in [6.07, 6.45) is 0. The van der Waals surface area contributed by atoms with Crippen molar-refractivity contribution in [2.45, 2.75) is 6.92 Å². The third-order valence-electron chi connectivity index (χ3n) is 3.22. The van der Waals surface area contributed by atoms with Gasteiger partial charge < -0.3 is 14.8 Å². The quantitative estimate of drug-likeness (QED) is 0.492. The van der Waals surface area contributed by atoms with E-state index in [9.17, 15) is 4.39 Å². The molecule has 0 saturated carbocycles. The van der Waals surface area contributed by atoms with Gasteiger partial charge in [-0.05, 0) is 61.6 Å². The Kier molecular flexibility index (Phi) is 6.08. The zero-order valence-electron chi connectivity index (χ0n) is 13.6. The Labute approximate surface area is 145 Å². The first-order chi connectivity index (χ1) is 11.5. The smallest absolute Gasteiger partial charge is 0.191 e. The van der Waals surface area contributed by atoms with E-state index in [2.05, 4.69) is 15.8 Å². The molecule has 7 heteroatoms. The summed E-state index contributed by atoms with van der Waals surface area (Å²) in [5.74, 6) is 1.07. The molecule has 0 aromatic heterocycles. The van der Waals surface area contributed by atoms with Crippen LogP contribution in [0.4, 0.5) is 10.1 Å². The second kappa shape index (κ2) is 8.26. The average Bonchev–Trinajstić information content (AvgIpc) is 2.61. The summed E-state index contributed by atoms with van der Waals surface area (Å²) in [6, 6.07) is 11.3. The SMILES string of the molecule is COc1ccc(OC)c(/C(C)=N\NC(=S)Nc2ccc(F)cc2)c1. The molecule has 2 aromatic carbocycles. The molecule has 2 N–H and O–H groups in total. The van der Waals surface area contributed by atoms with Gasteiger partial charge in [-0.1, -0.05) is 0 Å². The van der Waals surface area contributed by atoms with Crippen LogP contribution in [-0.4, -0.2) is 25.0 Å². The second-order valence-electron chi connectivity index (χ2n) is 4.84. The van der Waals surface area contributed by atoms with Crippen molar-refractivity contribution < 1.29 is 13.9 Å². The molecule has 24 heavy (non-hydrogen) atoms. The lowest BCUT2D eigenvalue weighted by molar-refractivity contribution is 0.402. The molecular formula is C17H18FN3O2S. The third kappa shape index (κ3) is 4.66. The third-order valence-corrected chi connectivity index (χ3v) is 3.42. The van der Waals surface area contributed by atoms with Gasteiger partial charge >= 0.3 is 0 Å². The lowest BCUT2D eigenvalue weighted by atomic mass is 10.1. The van der Waals surface area contributed by atoms with Crippen molar-refractivity contribution in [3.63, 3.8) is 0 Å². The fourth-order valence-corrected chi connectivity index (χ4v) is 2.15. The number of halogens is 1. The molecule has 0 fully saturated rings. The van der Waals surface area contributed by atoms with E-state index in [1.807, 2.05) is 25.1 Å². The fraction of sp³-hybridized carbons (Fsp3) is 0.176. The lowest BCUT2D eigenvalue weighted by Crippen LogP contribution is -2.25. The molecule has 0 bridgehead atoms. The van der Waals surface area contributed by atoms with Crippen LogP contribution in [0.15, 0.2) is 47.6 Å². The van der Waals surface area contributed by atoms with Gasteiger partial charge in [0.2, 0.25) is 0 Å². The molecular weight excluding hydrogens is 329 g/mol. The van der Waals surface area contributed by atoms with Crippen LogP contribution < -0.4 is 20.2 Å². The standard InChI is InChI=1S/C17H18FN3O2S/c1-11(15-10-14(22-2)8-9-16(15)23-3)20-21-17(24)19-13-6-4-12(18)5-7-13/h4-10H,1-3H3,(H2,19,21,24)/b20-11-. The summed E-state index contributed by atoms with van der Waals surface area (Å²) in [4.78, 5) is 0. The van der Waals surface area contributed by atoms with E-state index in [0.29, 0.717) is 28.0 Å². The highest BCUT2D eigenvalue weighted by atomic mass is 32.1. The molecule has 5 nitrogen and oxygen atoms in total. The van der Waals surface area contributed by atoms with Crippen LogP contribution in [-0.2, 0) is 0 Å². The maximum atomic E-state index is 12.9. The number of hydrogen-bond donors (Lipinski definition) is 2. The van der Waals surface area contributed by atoms with E-state index in [1.165, 1.54) is 12.1 Å². The van der Waals surface area contributed by atoms with Gasteiger partial charge in [0.1, 0.15) is 17.3 Å². The molecule has 0 aliphatic rings. The van der Waals surface area contributed by atoms with E-state index >= 15 is 0 Å². The number of methoxy groups -OCH3 is 2. The van der Waals surface area contributed by atoms with Gasteiger partial charge in [-0.25, -0.2) is 4.39 Å². The number of hydrogen-bond acceptors (Lipinski definition) is 4. The molecule has 126 valence electrons. The number of nitrogens with zero attached hydrogens (tertiary/aromatic N) is 1. The fourth-order valence-electron chi connectivity index (χ4n) is 1.98. The maximum Gasteiger partial charge on any atom is 0.191 e. The van der Waals surface area contributed by atoms with Gasteiger partial charge in [0, 0.05) is 11.3 Å². The molecule has 0 aliphatic carbocycles. The van der Waals surface area contributed by atoms with Crippen molar-refractivity contribution in [1.29, 1.82) is 0 Å². The van der Waals surface area contributed by atoms with E-state index in [4.69, 9.17) is 21.7 Å². The number of ether oxygens (including phenoxy) is 2. The Morgan fingerprint density at radius 3 is 2.42 bits per heavy atom. The van der Waals surface area contributed by atoms with Gasteiger partial charge in [-0.2, -0.15) is 5.10 Å². The largest absolute Gasteiger partial charge is 0.497 e. The summed E-state index contributed by atoms with van der Waals surface area (Å²) >= 11 is 5.17. The van der Waals surface area contributed by atoms with E-state index in [-0.39, 0.29) is 5.82 Å². The van der Waals surface area contributed by atoms with Crippen LogP contribution in [0.25, 0.3) is 0 Å². The monoisotopic (exact) mass is 347 g/mol. The molecule has 0 aliphatic heterocycles. The normalized spacial score (nSPS) is 10.9. The first kappa shape index (κ1) is 17.7. The molecule has 2 aromatic rings. The summed E-state index contributed by atoms with van der Waals surface area (Å²) in [5.41, 5.74) is 4.88. The number of hydrazone groups is 1. The molecule has 0 heterocycles. The average molecular weight is 347 g/mol. The predicted octanol–water partition coefficient (Wildman–Crippen LogP) is 3.55. The Bertz CT molecular complexity index is 748. The molecule has 0 amide bonds. The lowest BCUT2D eigenvalue weighted by Gasteiger charge is -2.11. The molecule has 0 atom stereocenters. The van der Waals surface area contributed by atoms with Crippen molar-refractivity contribution >= 4 is 28.7 Å². The van der Waals surface area contributed by atoms with Crippen molar-refractivity contribution in [1.82, 2.24) is 5.43 Å². The summed E-state index contributed by atoms with van der Waals surface area (Å²) < 4.78 is 23.4. The van der Waals surface area contributed by atoms with Gasteiger partial charge in [0.25, 0.3) is 0 Å². The molecule has 0 spiro atoms. The van der Waals surface area contributed by atoms with Gasteiger partial charge in [0.05, 0.1) is 19.9 Å². The Balaban J connectivity index is 2.08. The van der Waals surface area contributed by atoms with Crippen molar-refractivity contribution in [2.75, 3.05) is 19.5 Å². The second-order valence-corrected chi connectivity index (χ2v) is 5.24. The predicted molar refractivity (Wildman–Crippen MR) is 97.5 cm³/mol. The number of benzene rings is 2. The zero-order valence-corrected chi connectivity index (χ0v) is 14.4. The summed E-state index contributed by atoms with van der Waals surface area (Å²) in [5, 5.41) is 7.46.